The monoisotopic (exact) mass is 491 g/mol. The molecule has 1 aliphatic heterocycles. The number of anilines is 2. The molecule has 4 heterocycles. The van der Waals surface area contributed by atoms with Crippen molar-refractivity contribution in [3.8, 4) is 6.07 Å². The molecule has 1 aliphatic rings. The van der Waals surface area contributed by atoms with Gasteiger partial charge in [-0.25, -0.2) is 0 Å². The molecule has 3 aromatic heterocycles. The zero-order valence-electron chi connectivity index (χ0n) is 21.5. The molecule has 0 bridgehead atoms. The highest BCUT2D eigenvalue weighted by atomic mass is 15.1. The van der Waals surface area contributed by atoms with E-state index in [9.17, 15) is 5.26 Å². The van der Waals surface area contributed by atoms with Crippen LogP contribution in [0.5, 0.6) is 0 Å². The largest absolute Gasteiger partial charge is 0.361 e. The van der Waals surface area contributed by atoms with E-state index in [1.54, 1.807) is 12.4 Å². The molecule has 0 saturated carbocycles. The molecule has 7 nitrogen and oxygen atoms in total. The first-order chi connectivity index (χ1) is 18.1. The van der Waals surface area contributed by atoms with E-state index in [2.05, 4.69) is 62.7 Å². The Morgan fingerprint density at radius 2 is 2.08 bits per heavy atom. The van der Waals surface area contributed by atoms with Crippen LogP contribution < -0.4 is 10.6 Å². The molecule has 1 fully saturated rings. The molecule has 1 aromatic carbocycles. The van der Waals surface area contributed by atoms with Crippen LogP contribution in [-0.4, -0.2) is 46.0 Å². The van der Waals surface area contributed by atoms with Crippen molar-refractivity contribution in [1.29, 1.82) is 5.26 Å². The van der Waals surface area contributed by atoms with Crippen LogP contribution in [-0.2, 0) is 6.54 Å². The SMILES string of the molecule is Cc1c(Nc2c(C#N)cncc2C=Cc2ccc(CNCCC3CCCN3C)cn2)ccc2[nH]ccc12. The van der Waals surface area contributed by atoms with Gasteiger partial charge in [0, 0.05) is 59.5 Å². The van der Waals surface area contributed by atoms with E-state index in [-0.39, 0.29) is 0 Å². The summed E-state index contributed by atoms with van der Waals surface area (Å²) in [6.45, 7) is 5.14. The number of nitrogens with zero attached hydrogens (tertiary/aromatic N) is 4. The van der Waals surface area contributed by atoms with Gasteiger partial charge in [-0.1, -0.05) is 6.07 Å². The lowest BCUT2D eigenvalue weighted by Crippen LogP contribution is -2.29. The molecule has 0 radical (unpaired) electrons. The zero-order chi connectivity index (χ0) is 25.6. The summed E-state index contributed by atoms with van der Waals surface area (Å²) >= 11 is 0. The van der Waals surface area contributed by atoms with E-state index < -0.39 is 0 Å². The zero-order valence-corrected chi connectivity index (χ0v) is 21.5. The van der Waals surface area contributed by atoms with Crippen LogP contribution in [0, 0.1) is 18.3 Å². The Morgan fingerprint density at radius 3 is 2.86 bits per heavy atom. The van der Waals surface area contributed by atoms with Crippen molar-refractivity contribution in [2.24, 2.45) is 0 Å². The molecular formula is C30H33N7. The first-order valence-electron chi connectivity index (χ1n) is 12.9. The lowest BCUT2D eigenvalue weighted by atomic mass is 10.1. The number of aryl methyl sites for hydroxylation is 1. The summed E-state index contributed by atoms with van der Waals surface area (Å²) in [6, 6.07) is 13.3. The first-order valence-corrected chi connectivity index (χ1v) is 12.9. The van der Waals surface area contributed by atoms with Crippen LogP contribution >= 0.6 is 0 Å². The summed E-state index contributed by atoms with van der Waals surface area (Å²) in [6.07, 6.45) is 15.0. The fourth-order valence-electron chi connectivity index (χ4n) is 5.04. The Balaban J connectivity index is 1.25. The maximum Gasteiger partial charge on any atom is 0.103 e. The highest BCUT2D eigenvalue weighted by Crippen LogP contribution is 2.31. The predicted molar refractivity (Wildman–Crippen MR) is 150 cm³/mol. The lowest BCUT2D eigenvalue weighted by Gasteiger charge is -2.19. The number of hydrogen-bond donors (Lipinski definition) is 3. The Bertz CT molecular complexity index is 1430. The fraction of sp³-hybridized carbons (Fsp3) is 0.300. The molecule has 5 rings (SSSR count). The quantitative estimate of drug-likeness (QED) is 0.263. The fourth-order valence-corrected chi connectivity index (χ4v) is 5.04. The van der Waals surface area contributed by atoms with Gasteiger partial charge in [0.1, 0.15) is 6.07 Å². The second-order valence-electron chi connectivity index (χ2n) is 9.73. The maximum absolute atomic E-state index is 9.73. The van der Waals surface area contributed by atoms with E-state index in [0.717, 1.165) is 52.2 Å². The third-order valence-corrected chi connectivity index (χ3v) is 7.30. The predicted octanol–water partition coefficient (Wildman–Crippen LogP) is 5.63. The third kappa shape index (κ3) is 5.72. The van der Waals surface area contributed by atoms with Crippen LogP contribution in [0.2, 0.25) is 0 Å². The van der Waals surface area contributed by atoms with Gasteiger partial charge >= 0.3 is 0 Å². The van der Waals surface area contributed by atoms with Gasteiger partial charge in [-0.15, -0.1) is 0 Å². The van der Waals surface area contributed by atoms with Gasteiger partial charge in [-0.2, -0.15) is 5.26 Å². The van der Waals surface area contributed by atoms with E-state index >= 15 is 0 Å². The van der Waals surface area contributed by atoms with Crippen molar-refractivity contribution in [3.05, 3.63) is 83.1 Å². The number of H-pyrrole nitrogens is 1. The molecule has 0 spiro atoms. The number of fused-ring (bicyclic) bond motifs is 1. The van der Waals surface area contributed by atoms with Crippen LogP contribution in [0.1, 0.15) is 47.2 Å². The molecule has 7 heteroatoms. The second-order valence-corrected chi connectivity index (χ2v) is 9.73. The number of likely N-dealkylation sites (tertiary alicyclic amines) is 1. The van der Waals surface area contributed by atoms with E-state index in [0.29, 0.717) is 11.6 Å². The van der Waals surface area contributed by atoms with Gasteiger partial charge in [0.05, 0.1) is 16.9 Å². The summed E-state index contributed by atoms with van der Waals surface area (Å²) in [5, 5.41) is 17.9. The lowest BCUT2D eigenvalue weighted by molar-refractivity contribution is 0.293. The number of rotatable bonds is 9. The van der Waals surface area contributed by atoms with Gasteiger partial charge in [0.2, 0.25) is 0 Å². The van der Waals surface area contributed by atoms with E-state index in [1.807, 2.05) is 42.7 Å². The number of aromatic amines is 1. The molecule has 3 N–H and O–H groups in total. The number of benzene rings is 1. The molecule has 37 heavy (non-hydrogen) atoms. The summed E-state index contributed by atoms with van der Waals surface area (Å²) < 4.78 is 0. The van der Waals surface area contributed by atoms with Crippen molar-refractivity contribution in [1.82, 2.24) is 25.2 Å². The smallest absolute Gasteiger partial charge is 0.103 e. The third-order valence-electron chi connectivity index (χ3n) is 7.30. The Kier molecular flexibility index (Phi) is 7.59. The van der Waals surface area contributed by atoms with E-state index in [4.69, 9.17) is 0 Å². The molecule has 1 atom stereocenters. The van der Waals surface area contributed by atoms with Gasteiger partial charge in [0.15, 0.2) is 0 Å². The Morgan fingerprint density at radius 1 is 1.16 bits per heavy atom. The Hall–Kier alpha value is -3.99. The standard InChI is InChI=1S/C30H33N7/c1-21-27-12-14-34-29(27)10-9-28(21)36-30-23(19-33-20-24(30)16-31)6-8-25-7-5-22(18-35-25)17-32-13-11-26-4-3-15-37(26)2/h5-10,12,14,18-20,26,32,34H,3-4,11,13,15,17H2,1-2H3,(H,33,36). The topological polar surface area (TPSA) is 92.7 Å². The Labute approximate surface area is 218 Å². The normalized spacial score (nSPS) is 16.0. The number of pyridine rings is 2. The van der Waals surface area contributed by atoms with Crippen molar-refractivity contribution in [2.75, 3.05) is 25.5 Å². The van der Waals surface area contributed by atoms with Crippen molar-refractivity contribution < 1.29 is 0 Å². The van der Waals surface area contributed by atoms with Gasteiger partial charge in [-0.05, 0) is 93.9 Å². The molecule has 1 saturated heterocycles. The van der Waals surface area contributed by atoms with E-state index in [1.165, 1.54) is 31.4 Å². The number of hydrogen-bond acceptors (Lipinski definition) is 6. The molecule has 0 aliphatic carbocycles. The van der Waals surface area contributed by atoms with Gasteiger partial charge in [-0.3, -0.25) is 9.97 Å². The second kappa shape index (κ2) is 11.4. The summed E-state index contributed by atoms with van der Waals surface area (Å²) in [5.74, 6) is 0. The average Bonchev–Trinajstić information content (AvgIpc) is 3.57. The number of nitriles is 1. The molecular weight excluding hydrogens is 458 g/mol. The average molecular weight is 492 g/mol. The molecule has 188 valence electrons. The van der Waals surface area contributed by atoms with Crippen LogP contribution in [0.4, 0.5) is 11.4 Å². The minimum absolute atomic E-state index is 0.494. The van der Waals surface area contributed by atoms with Crippen molar-refractivity contribution in [2.45, 2.75) is 38.8 Å². The number of nitrogens with one attached hydrogen (secondary N) is 3. The minimum atomic E-state index is 0.494. The van der Waals surface area contributed by atoms with Crippen LogP contribution in [0.3, 0.4) is 0 Å². The number of aromatic nitrogens is 3. The minimum Gasteiger partial charge on any atom is -0.361 e. The molecule has 1 unspecified atom stereocenters. The van der Waals surface area contributed by atoms with Gasteiger partial charge < -0.3 is 20.5 Å². The summed E-state index contributed by atoms with van der Waals surface area (Å²) in [5.41, 5.74) is 7.25. The van der Waals surface area contributed by atoms with Crippen molar-refractivity contribution >= 4 is 34.4 Å². The summed E-state index contributed by atoms with van der Waals surface area (Å²) in [4.78, 5) is 14.6. The van der Waals surface area contributed by atoms with Crippen LogP contribution in [0.25, 0.3) is 23.1 Å². The summed E-state index contributed by atoms with van der Waals surface area (Å²) in [7, 11) is 2.23. The highest BCUT2D eigenvalue weighted by Gasteiger charge is 2.19. The molecule has 4 aromatic rings. The van der Waals surface area contributed by atoms with Crippen LogP contribution in [0.15, 0.2) is 55.1 Å². The van der Waals surface area contributed by atoms with Gasteiger partial charge in [0.25, 0.3) is 0 Å². The maximum atomic E-state index is 9.73. The molecule has 0 amide bonds. The van der Waals surface area contributed by atoms with Crippen molar-refractivity contribution in [3.63, 3.8) is 0 Å². The first kappa shape index (κ1) is 24.7. The highest BCUT2D eigenvalue weighted by molar-refractivity contribution is 5.90.